The zero-order chi connectivity index (χ0) is 28.8. The first-order chi connectivity index (χ1) is 18.4. The Labute approximate surface area is 253 Å². The molecule has 0 bridgehead atoms. The van der Waals surface area contributed by atoms with Crippen LogP contribution < -0.4 is 15.5 Å². The van der Waals surface area contributed by atoms with Crippen molar-refractivity contribution >= 4 is 54.9 Å². The van der Waals surface area contributed by atoms with Gasteiger partial charge in [0, 0.05) is 27.5 Å². The van der Waals surface area contributed by atoms with Gasteiger partial charge in [-0.15, -0.1) is 0 Å². The fraction of sp³-hybridized carbons (Fsp3) is 0.273. The van der Waals surface area contributed by atoms with Gasteiger partial charge in [0.25, 0.3) is 0 Å². The van der Waals surface area contributed by atoms with Gasteiger partial charge in [0.2, 0.25) is 0 Å². The van der Waals surface area contributed by atoms with Crippen molar-refractivity contribution in [3.05, 3.63) is 108 Å². The van der Waals surface area contributed by atoms with Crippen LogP contribution in [-0.2, 0) is 27.9 Å². The van der Waals surface area contributed by atoms with Crippen molar-refractivity contribution in [1.29, 1.82) is 0 Å². The summed E-state index contributed by atoms with van der Waals surface area (Å²) in [6, 6.07) is 31.9. The summed E-state index contributed by atoms with van der Waals surface area (Å²) in [5.41, 5.74) is 6.69. The summed E-state index contributed by atoms with van der Waals surface area (Å²) in [6.07, 6.45) is 0. The van der Waals surface area contributed by atoms with Gasteiger partial charge in [0.15, 0.2) is 0 Å². The average Bonchev–Trinajstić information content (AvgIpc) is 2.87. The molecule has 1 unspecified atom stereocenters. The van der Waals surface area contributed by atoms with Gasteiger partial charge in [-0.05, 0) is 65.3 Å². The Balaban J connectivity index is 0.00000134. The number of rotatable bonds is 5. The molecule has 0 aliphatic carbocycles. The molecule has 0 saturated heterocycles. The van der Waals surface area contributed by atoms with Crippen LogP contribution in [0.5, 0.6) is 5.75 Å². The Morgan fingerprint density at radius 1 is 0.718 bits per heavy atom. The predicted molar refractivity (Wildman–Crippen MR) is 171 cm³/mol. The third-order valence-corrected chi connectivity index (χ3v) is 8.12. The average molecular weight is 614 g/mol. The summed E-state index contributed by atoms with van der Waals surface area (Å²) in [6.45, 7) is 15.4. The van der Waals surface area contributed by atoms with Gasteiger partial charge >= 0.3 is 35.6 Å². The normalized spacial score (nSPS) is 11.7. The van der Waals surface area contributed by atoms with Gasteiger partial charge in [0.05, 0.1) is 5.69 Å². The molecule has 0 aliphatic heterocycles. The van der Waals surface area contributed by atoms with Crippen LogP contribution in [0, 0.1) is 6.92 Å². The van der Waals surface area contributed by atoms with E-state index >= 15 is 0 Å². The number of aryl methyl sites for hydroxylation is 1. The molecule has 0 heterocycles. The topological polar surface area (TPSA) is 23.5 Å². The number of halogens is 2. The van der Waals surface area contributed by atoms with Gasteiger partial charge in [-0.3, -0.25) is 0 Å². The summed E-state index contributed by atoms with van der Waals surface area (Å²) in [5, 5.41) is 13.8. The number of hydrogen-bond donors (Lipinski definition) is 1. The maximum absolute atomic E-state index is 11.5. The fourth-order valence-electron chi connectivity index (χ4n) is 4.45. The molecule has 0 fully saturated rings. The second kappa shape index (κ2) is 13.7. The van der Waals surface area contributed by atoms with Gasteiger partial charge in [-0.2, -0.15) is 0 Å². The number of phenolic OH excluding ortho intramolecular Hbond substituents is 1. The molecule has 4 aromatic carbocycles. The Hall–Kier alpha value is -1.80. The summed E-state index contributed by atoms with van der Waals surface area (Å²) >= 11 is -0.556. The molecule has 0 spiro atoms. The Bertz CT molecular complexity index is 1330. The van der Waals surface area contributed by atoms with Crippen molar-refractivity contribution in [2.24, 2.45) is 0 Å². The summed E-state index contributed by atoms with van der Waals surface area (Å²) < 4.78 is 0. The molecule has 0 aliphatic rings. The van der Waals surface area contributed by atoms with E-state index in [0.717, 1.165) is 27.9 Å². The van der Waals surface area contributed by atoms with Crippen LogP contribution in [-0.4, -0.2) is 5.11 Å². The number of aromatic hydroxyl groups is 1. The van der Waals surface area contributed by atoms with E-state index in [2.05, 4.69) is 144 Å². The second-order valence-electron chi connectivity index (χ2n) is 11.6. The molecule has 1 N–H and O–H groups in total. The molecule has 0 amide bonds. The zero-order valence-corrected chi connectivity index (χ0v) is 27.9. The van der Waals surface area contributed by atoms with Crippen molar-refractivity contribution < 1.29 is 22.1 Å². The van der Waals surface area contributed by atoms with E-state index in [1.807, 2.05) is 0 Å². The molecule has 4 rings (SSSR count). The Morgan fingerprint density at radius 2 is 1.23 bits per heavy atom. The van der Waals surface area contributed by atoms with Crippen molar-refractivity contribution in [3.8, 4) is 5.75 Å². The van der Waals surface area contributed by atoms with Crippen LogP contribution in [0.3, 0.4) is 0 Å². The molecule has 204 valence electrons. The van der Waals surface area contributed by atoms with Crippen molar-refractivity contribution in [2.45, 2.75) is 59.3 Å². The molecule has 1 atom stereocenters. The maximum atomic E-state index is 11.5. The molecular weight excluding hydrogens is 576 g/mol. The minimum atomic E-state index is -0.556. The molecule has 0 aromatic heterocycles. The van der Waals surface area contributed by atoms with Gasteiger partial charge in [-0.25, -0.2) is 0 Å². The van der Waals surface area contributed by atoms with E-state index in [4.69, 9.17) is 18.6 Å². The molecule has 0 saturated carbocycles. The molecule has 0 radical (unpaired) electrons. The number of phenols is 1. The SMILES string of the molecule is Cc1cccc(N(c2ccccc2)c2ccccc2)c1Pc1cc(C(C)(C)C)cc(C(C)(C)C)c1O.[Cl][Ti][Cl]. The van der Waals surface area contributed by atoms with E-state index in [1.165, 1.54) is 16.4 Å². The fourth-order valence-corrected chi connectivity index (χ4v) is 5.81. The van der Waals surface area contributed by atoms with Crippen molar-refractivity contribution in [3.63, 3.8) is 0 Å². The Kier molecular flexibility index (Phi) is 11.2. The standard InChI is InChI=1S/C33H38NOP.2ClH.Ti/c1-23-15-14-20-28(34(25-16-10-8-11-17-25)26-18-12-9-13-19-26)31(23)36-29-22-24(32(2,3)4)21-27(30(29)35)33(5,6)7;;;/h8-22,35-36H,1-7H3;2*1H;/q;;;+2/p-2. The second-order valence-corrected chi connectivity index (χ2v) is 15.5. The Morgan fingerprint density at radius 3 is 1.69 bits per heavy atom. The number of anilines is 3. The third kappa shape index (κ3) is 8.12. The molecule has 4 aromatic rings. The van der Waals surface area contributed by atoms with E-state index in [1.54, 1.807) is 0 Å². The first-order valence-electron chi connectivity index (χ1n) is 13.0. The zero-order valence-electron chi connectivity index (χ0n) is 23.8. The summed E-state index contributed by atoms with van der Waals surface area (Å²) in [5.74, 6) is 0.425. The van der Waals surface area contributed by atoms with E-state index < -0.39 is 17.0 Å². The first-order valence-corrected chi connectivity index (χ1v) is 18.3. The number of para-hydroxylation sites is 2. The molecule has 39 heavy (non-hydrogen) atoms. The van der Waals surface area contributed by atoms with Gasteiger partial charge in [-0.1, -0.05) is 105 Å². The molecule has 6 heteroatoms. The van der Waals surface area contributed by atoms with Crippen LogP contribution in [0.1, 0.15) is 58.2 Å². The summed E-state index contributed by atoms with van der Waals surface area (Å²) in [4.78, 5) is 2.32. The van der Waals surface area contributed by atoms with Crippen LogP contribution >= 0.6 is 27.2 Å². The minimum absolute atomic E-state index is 0.0123. The van der Waals surface area contributed by atoms with Crippen molar-refractivity contribution in [1.82, 2.24) is 0 Å². The molecular formula is C33H38Cl2NOPTi. The van der Waals surface area contributed by atoms with Crippen molar-refractivity contribution in [2.75, 3.05) is 4.90 Å². The van der Waals surface area contributed by atoms with E-state index in [9.17, 15) is 5.11 Å². The monoisotopic (exact) mass is 613 g/mol. The number of benzene rings is 4. The third-order valence-electron chi connectivity index (χ3n) is 6.56. The van der Waals surface area contributed by atoms with Crippen LogP contribution in [0.15, 0.2) is 91.0 Å². The van der Waals surface area contributed by atoms with Gasteiger partial charge in [0.1, 0.15) is 5.75 Å². The molecule has 2 nitrogen and oxygen atoms in total. The van der Waals surface area contributed by atoms with Crippen LogP contribution in [0.4, 0.5) is 17.1 Å². The van der Waals surface area contributed by atoms with E-state index in [0.29, 0.717) is 14.3 Å². The number of nitrogens with zero attached hydrogens (tertiary/aromatic N) is 1. The van der Waals surface area contributed by atoms with E-state index in [-0.39, 0.29) is 10.8 Å². The van der Waals surface area contributed by atoms with Gasteiger partial charge < -0.3 is 10.0 Å². The first kappa shape index (κ1) is 31.7. The van der Waals surface area contributed by atoms with Crippen LogP contribution in [0.25, 0.3) is 0 Å². The predicted octanol–water partition coefficient (Wildman–Crippen LogP) is 9.77. The quantitative estimate of drug-likeness (QED) is 0.179. The summed E-state index contributed by atoms with van der Waals surface area (Å²) in [7, 11) is 10.1. The van der Waals surface area contributed by atoms with Crippen LogP contribution in [0.2, 0.25) is 0 Å². The number of hydrogen-bond acceptors (Lipinski definition) is 2.